The van der Waals surface area contributed by atoms with E-state index in [1.165, 1.54) is 10.5 Å². The molecule has 0 amide bonds. The smallest absolute Gasteiger partial charge is 0.236 e. The molecule has 0 aliphatic rings. The summed E-state index contributed by atoms with van der Waals surface area (Å²) < 4.78 is 0. The van der Waals surface area contributed by atoms with Gasteiger partial charge in [0.05, 0.1) is 0 Å². The maximum atomic E-state index is 12.0. The molecule has 0 unspecified atom stereocenters. The summed E-state index contributed by atoms with van der Waals surface area (Å²) in [6.07, 6.45) is 2.03. The van der Waals surface area contributed by atoms with Gasteiger partial charge in [-0.2, -0.15) is 0 Å². The first kappa shape index (κ1) is 15.4. The molecule has 0 saturated heterocycles. The highest BCUT2D eigenvalue weighted by Gasteiger charge is 2.03. The molecule has 2 aromatic carbocycles. The number of carbonyl (C=O) groups is 1. The first-order chi connectivity index (χ1) is 10.1. The lowest BCUT2D eigenvalue weighted by molar-refractivity contribution is 0.105. The lowest BCUT2D eigenvalue weighted by Gasteiger charge is -2.04. The van der Waals surface area contributed by atoms with Crippen molar-refractivity contribution in [3.63, 3.8) is 0 Å². The first-order valence-corrected chi connectivity index (χ1v) is 8.13. The monoisotopic (exact) mass is 294 g/mol. The van der Waals surface area contributed by atoms with Gasteiger partial charge in [-0.15, -0.1) is 11.8 Å². The van der Waals surface area contributed by atoms with Crippen LogP contribution in [0.5, 0.6) is 0 Å². The second-order valence-corrected chi connectivity index (χ2v) is 5.96. The van der Waals surface area contributed by atoms with Crippen LogP contribution in [-0.4, -0.2) is 12.0 Å². The van der Waals surface area contributed by atoms with Gasteiger partial charge >= 0.3 is 0 Å². The predicted octanol–water partition coefficient (Wildman–Crippen LogP) is 4.77. The molecule has 1 nitrogen and oxygen atoms in total. The molecule has 0 bridgehead atoms. The van der Waals surface area contributed by atoms with Gasteiger partial charge in [0, 0.05) is 16.0 Å². The summed E-state index contributed by atoms with van der Waals surface area (Å²) >= 11 is 1.69. The fraction of sp³-hybridized carbons (Fsp3) is 0.211. The molecule has 21 heavy (non-hydrogen) atoms. The minimum absolute atomic E-state index is 0.140. The fourth-order valence-electron chi connectivity index (χ4n) is 1.89. The van der Waals surface area contributed by atoms with Gasteiger partial charge in [-0.1, -0.05) is 44.0 Å². The fourth-order valence-corrected chi connectivity index (χ4v) is 2.30. The number of carbonyl (C=O) groups excluding carboxylic acids is 1. The molecule has 0 aliphatic carbocycles. The van der Waals surface area contributed by atoms with Crippen LogP contribution in [-0.2, 0) is 0 Å². The molecule has 2 rings (SSSR count). The van der Waals surface area contributed by atoms with Crippen molar-refractivity contribution in [1.82, 2.24) is 0 Å². The van der Waals surface area contributed by atoms with Gasteiger partial charge in [-0.3, -0.25) is 4.79 Å². The Labute approximate surface area is 130 Å². The zero-order valence-electron chi connectivity index (χ0n) is 12.5. The summed E-state index contributed by atoms with van der Waals surface area (Å²) in [6.45, 7) is 4.27. The Hall–Kier alpha value is -1.98. The minimum atomic E-state index is -0.140. The standard InChI is InChI=1S/C19H18OS/c1-14(2)16-7-9-17(10-8-16)19(20)13-6-15-4-11-18(21-3)12-5-15/h4-5,7-12,14H,1-3H3. The van der Waals surface area contributed by atoms with E-state index in [1.807, 2.05) is 54.8 Å². The van der Waals surface area contributed by atoms with Gasteiger partial charge in [0.15, 0.2) is 0 Å². The molecule has 0 heterocycles. The molecule has 2 aromatic rings. The third-order valence-electron chi connectivity index (χ3n) is 3.25. The molecule has 0 radical (unpaired) electrons. The van der Waals surface area contributed by atoms with Crippen LogP contribution in [0, 0.1) is 11.8 Å². The van der Waals surface area contributed by atoms with E-state index in [-0.39, 0.29) is 5.78 Å². The van der Waals surface area contributed by atoms with Crippen molar-refractivity contribution in [2.45, 2.75) is 24.7 Å². The second kappa shape index (κ2) is 7.15. The van der Waals surface area contributed by atoms with Gasteiger partial charge in [0.25, 0.3) is 0 Å². The van der Waals surface area contributed by atoms with Crippen LogP contribution < -0.4 is 0 Å². The molecule has 0 fully saturated rings. The first-order valence-electron chi connectivity index (χ1n) is 6.90. The summed E-state index contributed by atoms with van der Waals surface area (Å²) in [7, 11) is 0. The maximum absolute atomic E-state index is 12.0. The Bertz CT molecular complexity index is 670. The van der Waals surface area contributed by atoms with Crippen molar-refractivity contribution in [2.75, 3.05) is 6.26 Å². The Morgan fingerprint density at radius 1 is 1.00 bits per heavy atom. The van der Waals surface area contributed by atoms with E-state index in [1.54, 1.807) is 11.8 Å². The highest BCUT2D eigenvalue weighted by molar-refractivity contribution is 7.98. The van der Waals surface area contributed by atoms with Crippen molar-refractivity contribution < 1.29 is 4.79 Å². The van der Waals surface area contributed by atoms with E-state index in [4.69, 9.17) is 0 Å². The molecule has 2 heteroatoms. The third kappa shape index (κ3) is 4.24. The second-order valence-electron chi connectivity index (χ2n) is 5.08. The summed E-state index contributed by atoms with van der Waals surface area (Å²) in [4.78, 5) is 13.2. The number of hydrogen-bond acceptors (Lipinski definition) is 2. The predicted molar refractivity (Wildman–Crippen MR) is 90.0 cm³/mol. The van der Waals surface area contributed by atoms with Gasteiger partial charge < -0.3 is 0 Å². The summed E-state index contributed by atoms with van der Waals surface area (Å²) in [5.41, 5.74) is 2.74. The van der Waals surface area contributed by atoms with Gasteiger partial charge in [-0.05, 0) is 47.9 Å². The van der Waals surface area contributed by atoms with Crippen molar-refractivity contribution in [2.24, 2.45) is 0 Å². The van der Waals surface area contributed by atoms with Crippen molar-refractivity contribution in [3.05, 3.63) is 65.2 Å². The number of rotatable bonds is 3. The molecule has 0 saturated carbocycles. The van der Waals surface area contributed by atoms with E-state index in [0.717, 1.165) is 5.56 Å². The van der Waals surface area contributed by atoms with E-state index in [9.17, 15) is 4.79 Å². The van der Waals surface area contributed by atoms with Crippen LogP contribution in [0.1, 0.15) is 41.3 Å². The van der Waals surface area contributed by atoms with Crippen LogP contribution in [0.25, 0.3) is 0 Å². The molecular weight excluding hydrogens is 276 g/mol. The minimum Gasteiger partial charge on any atom is -0.279 e. The number of benzene rings is 2. The van der Waals surface area contributed by atoms with Gasteiger partial charge in [-0.25, -0.2) is 0 Å². The zero-order chi connectivity index (χ0) is 15.2. The Kier molecular flexibility index (Phi) is 5.25. The normalized spacial score (nSPS) is 10.1. The van der Waals surface area contributed by atoms with Gasteiger partial charge in [0.1, 0.15) is 0 Å². The highest BCUT2D eigenvalue weighted by Crippen LogP contribution is 2.15. The summed E-state index contributed by atoms with van der Waals surface area (Å²) in [5.74, 6) is 5.96. The maximum Gasteiger partial charge on any atom is 0.236 e. The van der Waals surface area contributed by atoms with E-state index < -0.39 is 0 Å². The Balaban J connectivity index is 2.12. The SMILES string of the molecule is CSc1ccc(C#CC(=O)c2ccc(C(C)C)cc2)cc1. The lowest BCUT2D eigenvalue weighted by Crippen LogP contribution is -1.96. The van der Waals surface area contributed by atoms with E-state index in [2.05, 4.69) is 25.7 Å². The van der Waals surface area contributed by atoms with Crippen LogP contribution in [0.2, 0.25) is 0 Å². The van der Waals surface area contributed by atoms with Crippen molar-refractivity contribution in [1.29, 1.82) is 0 Å². The van der Waals surface area contributed by atoms with Crippen LogP contribution >= 0.6 is 11.8 Å². The van der Waals surface area contributed by atoms with E-state index >= 15 is 0 Å². The average Bonchev–Trinajstić information content (AvgIpc) is 2.53. The zero-order valence-corrected chi connectivity index (χ0v) is 13.3. The van der Waals surface area contributed by atoms with Crippen molar-refractivity contribution >= 4 is 17.5 Å². The average molecular weight is 294 g/mol. The van der Waals surface area contributed by atoms with Crippen LogP contribution in [0.3, 0.4) is 0 Å². The highest BCUT2D eigenvalue weighted by atomic mass is 32.2. The van der Waals surface area contributed by atoms with E-state index in [0.29, 0.717) is 11.5 Å². The molecule has 0 aliphatic heterocycles. The van der Waals surface area contributed by atoms with Crippen LogP contribution in [0.15, 0.2) is 53.4 Å². The quantitative estimate of drug-likeness (QED) is 0.461. The molecule has 106 valence electrons. The Morgan fingerprint density at radius 2 is 1.62 bits per heavy atom. The third-order valence-corrected chi connectivity index (χ3v) is 3.99. The molecule has 0 atom stereocenters. The number of hydrogen-bond donors (Lipinski definition) is 0. The topological polar surface area (TPSA) is 17.1 Å². The lowest BCUT2D eigenvalue weighted by atomic mass is 10.0. The summed E-state index contributed by atoms with van der Waals surface area (Å²) in [5, 5.41) is 0. The molecule has 0 N–H and O–H groups in total. The molecule has 0 aromatic heterocycles. The molecular formula is C19H18OS. The number of ketones is 1. The van der Waals surface area contributed by atoms with Crippen LogP contribution in [0.4, 0.5) is 0 Å². The number of Topliss-reactive ketones (excluding diaryl/α,β-unsaturated/α-hetero) is 1. The summed E-state index contributed by atoms with van der Waals surface area (Å²) in [6, 6.07) is 15.6. The Morgan fingerprint density at radius 3 is 2.14 bits per heavy atom. The molecule has 0 spiro atoms. The van der Waals surface area contributed by atoms with Crippen molar-refractivity contribution in [3.8, 4) is 11.8 Å². The largest absolute Gasteiger partial charge is 0.279 e. The van der Waals surface area contributed by atoms with Gasteiger partial charge in [0.2, 0.25) is 5.78 Å². The number of thioether (sulfide) groups is 1.